The van der Waals surface area contributed by atoms with Gasteiger partial charge in [-0.05, 0) is 29.5 Å². The zero-order valence-corrected chi connectivity index (χ0v) is 14.9. The molecule has 0 unspecified atom stereocenters. The average molecular weight is 326 g/mol. The lowest BCUT2D eigenvalue weighted by Gasteiger charge is -2.13. The molecule has 124 valence electrons. The van der Waals surface area contributed by atoms with E-state index in [1.165, 1.54) is 11.9 Å². The van der Waals surface area contributed by atoms with Crippen molar-refractivity contribution >= 4 is 17.7 Å². The molecule has 1 heterocycles. The average Bonchev–Trinajstić information content (AvgIpc) is 2.51. The number of hydrogen-bond donors (Lipinski definition) is 0. The molecular formula is C16H26N2O3S. The highest BCUT2D eigenvalue weighted by molar-refractivity contribution is 7.97. The summed E-state index contributed by atoms with van der Waals surface area (Å²) in [5, 5.41) is 0. The molecule has 0 fully saturated rings. The number of aromatic nitrogens is 1. The van der Waals surface area contributed by atoms with Crippen molar-refractivity contribution in [1.29, 1.82) is 0 Å². The molecule has 1 rings (SSSR count). The van der Waals surface area contributed by atoms with Crippen LogP contribution in [0.15, 0.2) is 16.7 Å². The molecule has 0 bridgehead atoms. The van der Waals surface area contributed by atoms with E-state index < -0.39 is 0 Å². The molecule has 0 atom stereocenters. The third-order valence-corrected chi connectivity index (χ3v) is 3.50. The Balaban J connectivity index is 2.82. The Morgan fingerprint density at radius 3 is 2.68 bits per heavy atom. The summed E-state index contributed by atoms with van der Waals surface area (Å²) < 4.78 is 20.5. The summed E-state index contributed by atoms with van der Waals surface area (Å²) in [6.45, 7) is 5.54. The molecule has 0 N–H and O–H groups in total. The molecule has 0 saturated heterocycles. The Bertz CT molecular complexity index is 478. The van der Waals surface area contributed by atoms with E-state index in [-0.39, 0.29) is 0 Å². The minimum atomic E-state index is 0.403. The van der Waals surface area contributed by atoms with Crippen LogP contribution in [-0.4, -0.2) is 44.4 Å². The quantitative estimate of drug-likeness (QED) is 0.374. The summed E-state index contributed by atoms with van der Waals surface area (Å²) in [5.41, 5.74) is 2.22. The minimum Gasteiger partial charge on any atom is -0.488 e. The molecular weight excluding hydrogens is 300 g/mol. The second-order valence-corrected chi connectivity index (χ2v) is 5.69. The van der Waals surface area contributed by atoms with Crippen molar-refractivity contribution in [3.63, 3.8) is 0 Å². The van der Waals surface area contributed by atoms with Gasteiger partial charge in [0.25, 0.3) is 5.88 Å². The molecule has 6 heteroatoms. The first-order valence-corrected chi connectivity index (χ1v) is 8.55. The number of methoxy groups -OCH3 is 2. The first-order valence-electron chi connectivity index (χ1n) is 7.36. The van der Waals surface area contributed by atoms with Gasteiger partial charge in [0.05, 0.1) is 13.7 Å². The fourth-order valence-electron chi connectivity index (χ4n) is 1.88. The molecule has 1 aromatic heterocycles. The molecule has 0 spiro atoms. The number of hydrogen-bond acceptors (Lipinski definition) is 6. The maximum absolute atomic E-state index is 5.76. The van der Waals surface area contributed by atoms with Gasteiger partial charge in [0.15, 0.2) is 5.75 Å². The number of rotatable bonds is 10. The van der Waals surface area contributed by atoms with Crippen molar-refractivity contribution in [1.82, 2.24) is 4.98 Å². The van der Waals surface area contributed by atoms with Crippen molar-refractivity contribution in [2.24, 2.45) is 10.3 Å². The lowest BCUT2D eigenvalue weighted by molar-refractivity contribution is 0.170. The highest BCUT2D eigenvalue weighted by atomic mass is 32.2. The van der Waals surface area contributed by atoms with E-state index in [4.69, 9.17) is 14.2 Å². The van der Waals surface area contributed by atoms with Crippen molar-refractivity contribution in [2.45, 2.75) is 26.7 Å². The molecule has 0 aliphatic heterocycles. The Morgan fingerprint density at radius 1 is 1.32 bits per heavy atom. The summed E-state index contributed by atoms with van der Waals surface area (Å²) in [6, 6.07) is 1.98. The zero-order valence-electron chi connectivity index (χ0n) is 14.1. The molecule has 1 aromatic rings. The van der Waals surface area contributed by atoms with Crippen molar-refractivity contribution in [3.8, 4) is 11.6 Å². The Morgan fingerprint density at radius 2 is 2.09 bits per heavy atom. The van der Waals surface area contributed by atoms with Crippen molar-refractivity contribution in [2.75, 3.05) is 33.7 Å². The predicted octanol–water partition coefficient (Wildman–Crippen LogP) is 3.42. The summed E-state index contributed by atoms with van der Waals surface area (Å²) in [4.78, 5) is 4.33. The van der Waals surface area contributed by atoms with Gasteiger partial charge in [0.2, 0.25) is 0 Å². The van der Waals surface area contributed by atoms with Crippen LogP contribution in [0.2, 0.25) is 0 Å². The Hall–Kier alpha value is -1.27. The largest absolute Gasteiger partial charge is 0.488 e. The first-order chi connectivity index (χ1) is 10.6. The number of ether oxygens (including phenoxy) is 3. The second kappa shape index (κ2) is 10.5. The maximum Gasteiger partial charge on any atom is 0.256 e. The Labute approximate surface area is 137 Å². The van der Waals surface area contributed by atoms with Crippen LogP contribution >= 0.6 is 11.9 Å². The zero-order chi connectivity index (χ0) is 16.4. The van der Waals surface area contributed by atoms with Crippen LogP contribution in [0.4, 0.5) is 0 Å². The van der Waals surface area contributed by atoms with Gasteiger partial charge in [-0.1, -0.05) is 13.8 Å². The number of pyridine rings is 1. The fraction of sp³-hybridized carbons (Fsp3) is 0.625. The fourth-order valence-corrected chi connectivity index (χ4v) is 2.39. The second-order valence-electron chi connectivity index (χ2n) is 5.14. The van der Waals surface area contributed by atoms with Crippen LogP contribution in [0.1, 0.15) is 25.8 Å². The normalized spacial score (nSPS) is 11.8. The molecule has 22 heavy (non-hydrogen) atoms. The molecule has 0 amide bonds. The van der Waals surface area contributed by atoms with E-state index in [0.29, 0.717) is 30.8 Å². The topological polar surface area (TPSA) is 52.9 Å². The van der Waals surface area contributed by atoms with E-state index in [1.807, 2.05) is 18.5 Å². The third kappa shape index (κ3) is 6.23. The van der Waals surface area contributed by atoms with E-state index in [2.05, 4.69) is 23.2 Å². The van der Waals surface area contributed by atoms with Crippen LogP contribution in [-0.2, 0) is 11.2 Å². The first kappa shape index (κ1) is 18.8. The van der Waals surface area contributed by atoms with Gasteiger partial charge in [-0.15, -0.1) is 0 Å². The van der Waals surface area contributed by atoms with E-state index in [1.54, 1.807) is 14.2 Å². The van der Waals surface area contributed by atoms with E-state index in [0.717, 1.165) is 24.1 Å². The highest BCUT2D eigenvalue weighted by Crippen LogP contribution is 2.26. The number of nitrogens with zero attached hydrogens (tertiary/aromatic N) is 2. The van der Waals surface area contributed by atoms with Crippen LogP contribution in [0.3, 0.4) is 0 Å². The molecule has 0 aliphatic rings. The van der Waals surface area contributed by atoms with Gasteiger partial charge >= 0.3 is 0 Å². The van der Waals surface area contributed by atoms with Gasteiger partial charge in [-0.25, -0.2) is 9.38 Å². The standard InChI is InChI=1S/C16H26N2O3S/c1-12(2)14(18-22-5)9-13-10-15(16(20-4)17-11-13)21-8-6-7-19-3/h10-12H,6-9H2,1-5H3. The molecule has 0 radical (unpaired) electrons. The van der Waals surface area contributed by atoms with Gasteiger partial charge in [-0.3, -0.25) is 0 Å². The summed E-state index contributed by atoms with van der Waals surface area (Å²) in [6.07, 6.45) is 5.39. The van der Waals surface area contributed by atoms with E-state index >= 15 is 0 Å². The van der Waals surface area contributed by atoms with Crippen LogP contribution < -0.4 is 9.47 Å². The third-order valence-electron chi connectivity index (χ3n) is 3.08. The van der Waals surface area contributed by atoms with Crippen LogP contribution in [0.25, 0.3) is 0 Å². The molecule has 0 saturated carbocycles. The van der Waals surface area contributed by atoms with Gasteiger partial charge in [0, 0.05) is 44.7 Å². The predicted molar refractivity (Wildman–Crippen MR) is 92.3 cm³/mol. The van der Waals surface area contributed by atoms with Gasteiger partial charge in [-0.2, -0.15) is 0 Å². The lowest BCUT2D eigenvalue weighted by atomic mass is 10.0. The monoisotopic (exact) mass is 326 g/mol. The van der Waals surface area contributed by atoms with Crippen molar-refractivity contribution in [3.05, 3.63) is 17.8 Å². The highest BCUT2D eigenvalue weighted by Gasteiger charge is 2.11. The lowest BCUT2D eigenvalue weighted by Crippen LogP contribution is -2.11. The maximum atomic E-state index is 5.76. The molecule has 0 aliphatic carbocycles. The molecule has 0 aromatic carbocycles. The Kier molecular flexibility index (Phi) is 8.92. The van der Waals surface area contributed by atoms with Crippen molar-refractivity contribution < 1.29 is 14.2 Å². The van der Waals surface area contributed by atoms with E-state index in [9.17, 15) is 0 Å². The van der Waals surface area contributed by atoms with Crippen LogP contribution in [0, 0.1) is 5.92 Å². The smallest absolute Gasteiger partial charge is 0.256 e. The van der Waals surface area contributed by atoms with Gasteiger partial charge < -0.3 is 14.2 Å². The minimum absolute atomic E-state index is 0.403. The molecule has 5 nitrogen and oxygen atoms in total. The summed E-state index contributed by atoms with van der Waals surface area (Å²) in [5.74, 6) is 1.58. The van der Waals surface area contributed by atoms with Gasteiger partial charge in [0.1, 0.15) is 0 Å². The summed E-state index contributed by atoms with van der Waals surface area (Å²) >= 11 is 1.49. The summed E-state index contributed by atoms with van der Waals surface area (Å²) in [7, 11) is 3.28. The van der Waals surface area contributed by atoms with Crippen LogP contribution in [0.5, 0.6) is 11.6 Å². The SMILES string of the molecule is COCCCOc1cc(CC(=NSC)C(C)C)cnc1OC.